The van der Waals surface area contributed by atoms with E-state index in [-0.39, 0.29) is 24.1 Å². The van der Waals surface area contributed by atoms with Crippen molar-refractivity contribution in [1.82, 2.24) is 20.5 Å². The number of benzene rings is 1. The Hall–Kier alpha value is -3.26. The molecule has 29 heavy (non-hydrogen) atoms. The predicted molar refractivity (Wildman–Crippen MR) is 105 cm³/mol. The Morgan fingerprint density at radius 3 is 2.93 bits per heavy atom. The Bertz CT molecular complexity index is 1030. The summed E-state index contributed by atoms with van der Waals surface area (Å²) in [5.41, 5.74) is 5.71. The van der Waals surface area contributed by atoms with Crippen molar-refractivity contribution in [2.45, 2.75) is 45.1 Å². The molecule has 0 spiro atoms. The molecule has 3 N–H and O–H groups in total. The lowest BCUT2D eigenvalue weighted by Crippen LogP contribution is -2.52. The molecule has 8 nitrogen and oxygen atoms in total. The van der Waals surface area contributed by atoms with E-state index in [2.05, 4.69) is 20.9 Å². The van der Waals surface area contributed by atoms with Gasteiger partial charge in [-0.05, 0) is 23.6 Å². The van der Waals surface area contributed by atoms with E-state index in [9.17, 15) is 14.4 Å². The van der Waals surface area contributed by atoms with Crippen LogP contribution in [-0.4, -0.2) is 33.6 Å². The number of nitrogens with one attached hydrogen (secondary N) is 3. The van der Waals surface area contributed by atoms with Crippen LogP contribution in [0.15, 0.2) is 30.5 Å². The zero-order valence-corrected chi connectivity index (χ0v) is 15.8. The Kier molecular flexibility index (Phi) is 4.28. The lowest BCUT2D eigenvalue weighted by molar-refractivity contribution is -0.136. The molecular formula is C21H21N5O3. The van der Waals surface area contributed by atoms with Gasteiger partial charge in [0.15, 0.2) is 0 Å². The maximum Gasteiger partial charge on any atom is 0.255 e. The number of nitrogens with zero attached hydrogens (tertiary/aromatic N) is 2. The van der Waals surface area contributed by atoms with Crippen LogP contribution in [0, 0.1) is 0 Å². The van der Waals surface area contributed by atoms with Crippen LogP contribution in [0.1, 0.15) is 45.6 Å². The summed E-state index contributed by atoms with van der Waals surface area (Å²) >= 11 is 0. The lowest BCUT2D eigenvalue weighted by Gasteiger charge is -2.29. The highest BCUT2D eigenvalue weighted by Crippen LogP contribution is 2.31. The average molecular weight is 391 g/mol. The first kappa shape index (κ1) is 17.8. The zero-order valence-electron chi connectivity index (χ0n) is 15.8. The van der Waals surface area contributed by atoms with E-state index in [1.54, 1.807) is 11.1 Å². The van der Waals surface area contributed by atoms with Crippen LogP contribution in [0.2, 0.25) is 0 Å². The highest BCUT2D eigenvalue weighted by Gasteiger charge is 2.39. The van der Waals surface area contributed by atoms with Crippen LogP contribution in [0.25, 0.3) is 0 Å². The number of imide groups is 1. The van der Waals surface area contributed by atoms with Crippen molar-refractivity contribution in [3.8, 4) is 0 Å². The van der Waals surface area contributed by atoms with Crippen molar-refractivity contribution >= 4 is 23.4 Å². The summed E-state index contributed by atoms with van der Waals surface area (Å²) in [5, 5.41) is 9.09. The molecule has 3 aliphatic rings. The van der Waals surface area contributed by atoms with Gasteiger partial charge in [0.25, 0.3) is 5.91 Å². The van der Waals surface area contributed by atoms with Gasteiger partial charge in [-0.2, -0.15) is 0 Å². The van der Waals surface area contributed by atoms with E-state index in [1.165, 1.54) is 0 Å². The number of piperidine rings is 1. The monoisotopic (exact) mass is 391 g/mol. The third kappa shape index (κ3) is 3.05. The van der Waals surface area contributed by atoms with Crippen LogP contribution >= 0.6 is 0 Å². The van der Waals surface area contributed by atoms with Crippen molar-refractivity contribution in [2.24, 2.45) is 0 Å². The van der Waals surface area contributed by atoms with Crippen LogP contribution in [0.3, 0.4) is 0 Å². The molecule has 148 valence electrons. The predicted octanol–water partition coefficient (Wildman–Crippen LogP) is 1.06. The standard InChI is InChI=1S/C21H21N5O3/c27-18-5-4-17(20(28)25-18)26-11-13-3-1-2-12(19(13)21(26)29)8-24-15-6-7-23-16-10-22-9-14(15)16/h1-3,6-7,17,22H,4-5,8-11H2,(H,23,24)(H,25,27,28). The van der Waals surface area contributed by atoms with E-state index in [0.29, 0.717) is 25.1 Å². The number of carbonyl (C=O) groups is 3. The summed E-state index contributed by atoms with van der Waals surface area (Å²) in [5.74, 6) is -0.810. The van der Waals surface area contributed by atoms with Gasteiger partial charge in [0.1, 0.15) is 6.04 Å². The van der Waals surface area contributed by atoms with Crippen molar-refractivity contribution in [3.63, 3.8) is 0 Å². The number of carbonyl (C=O) groups excluding carboxylic acids is 3. The zero-order chi connectivity index (χ0) is 20.0. The molecule has 1 aromatic carbocycles. The van der Waals surface area contributed by atoms with Gasteiger partial charge in [0.05, 0.1) is 5.69 Å². The quantitative estimate of drug-likeness (QED) is 0.674. The molecule has 8 heteroatoms. The number of pyridine rings is 1. The number of aromatic nitrogens is 1. The summed E-state index contributed by atoms with van der Waals surface area (Å²) in [6.07, 6.45) is 2.42. The Balaban J connectivity index is 1.37. The van der Waals surface area contributed by atoms with Gasteiger partial charge in [-0.1, -0.05) is 18.2 Å². The smallest absolute Gasteiger partial charge is 0.255 e. The largest absolute Gasteiger partial charge is 0.381 e. The van der Waals surface area contributed by atoms with Gasteiger partial charge in [0, 0.05) is 55.6 Å². The Labute approximate surface area is 167 Å². The molecule has 3 aliphatic heterocycles. The molecule has 1 fully saturated rings. The van der Waals surface area contributed by atoms with E-state index in [4.69, 9.17) is 0 Å². The molecule has 3 amide bonds. The molecule has 4 heterocycles. The molecule has 0 saturated carbocycles. The number of hydrogen-bond acceptors (Lipinski definition) is 6. The fraction of sp³-hybridized carbons (Fsp3) is 0.333. The fourth-order valence-corrected chi connectivity index (χ4v) is 4.38. The molecule has 2 aromatic rings. The van der Waals surface area contributed by atoms with Crippen molar-refractivity contribution in [2.75, 3.05) is 5.32 Å². The van der Waals surface area contributed by atoms with E-state index >= 15 is 0 Å². The van der Waals surface area contributed by atoms with Gasteiger partial charge < -0.3 is 15.5 Å². The molecular weight excluding hydrogens is 370 g/mol. The SMILES string of the molecule is O=C1CCC(N2Cc3cccc(CNc4ccnc5c4CNC5)c3C2=O)C(=O)N1. The van der Waals surface area contributed by atoms with Crippen molar-refractivity contribution in [1.29, 1.82) is 0 Å². The number of fused-ring (bicyclic) bond motifs is 2. The molecule has 0 radical (unpaired) electrons. The molecule has 0 bridgehead atoms. The first-order valence-corrected chi connectivity index (χ1v) is 9.78. The fourth-order valence-electron chi connectivity index (χ4n) is 4.38. The maximum atomic E-state index is 13.2. The minimum atomic E-state index is -0.594. The summed E-state index contributed by atoms with van der Waals surface area (Å²) in [6.45, 7) is 2.45. The minimum absolute atomic E-state index is 0.145. The first-order chi connectivity index (χ1) is 14.1. The van der Waals surface area contributed by atoms with Crippen LogP contribution < -0.4 is 16.0 Å². The van der Waals surface area contributed by atoms with Crippen molar-refractivity contribution < 1.29 is 14.4 Å². The lowest BCUT2D eigenvalue weighted by atomic mass is 10.0. The molecule has 1 unspecified atom stereocenters. The topological polar surface area (TPSA) is 103 Å². The molecule has 0 aliphatic carbocycles. The second-order valence-electron chi connectivity index (χ2n) is 7.59. The minimum Gasteiger partial charge on any atom is -0.381 e. The van der Waals surface area contributed by atoms with E-state index in [1.807, 2.05) is 24.3 Å². The van der Waals surface area contributed by atoms with E-state index in [0.717, 1.165) is 41.2 Å². The van der Waals surface area contributed by atoms with Gasteiger partial charge in [-0.15, -0.1) is 0 Å². The summed E-state index contributed by atoms with van der Waals surface area (Å²) in [7, 11) is 0. The number of rotatable bonds is 4. The third-order valence-electron chi connectivity index (χ3n) is 5.85. The summed E-state index contributed by atoms with van der Waals surface area (Å²) in [6, 6.07) is 7.17. The van der Waals surface area contributed by atoms with Gasteiger partial charge in [-0.25, -0.2) is 0 Å². The maximum absolute atomic E-state index is 13.2. The number of anilines is 1. The normalized spacial score (nSPS) is 20.5. The highest BCUT2D eigenvalue weighted by atomic mass is 16.2. The summed E-state index contributed by atoms with van der Waals surface area (Å²) in [4.78, 5) is 42.8. The van der Waals surface area contributed by atoms with Crippen LogP contribution in [0.5, 0.6) is 0 Å². The van der Waals surface area contributed by atoms with Crippen LogP contribution in [-0.2, 0) is 35.8 Å². The molecule has 1 saturated heterocycles. The van der Waals surface area contributed by atoms with Gasteiger partial charge in [-0.3, -0.25) is 24.7 Å². The Morgan fingerprint density at radius 1 is 1.17 bits per heavy atom. The second kappa shape index (κ2) is 6.97. The molecule has 1 atom stereocenters. The van der Waals surface area contributed by atoms with Crippen LogP contribution in [0.4, 0.5) is 5.69 Å². The Morgan fingerprint density at radius 2 is 2.07 bits per heavy atom. The number of amides is 3. The first-order valence-electron chi connectivity index (χ1n) is 9.78. The highest BCUT2D eigenvalue weighted by molar-refractivity contribution is 6.06. The number of hydrogen-bond donors (Lipinski definition) is 3. The second-order valence-corrected chi connectivity index (χ2v) is 7.59. The van der Waals surface area contributed by atoms with Gasteiger partial charge in [0.2, 0.25) is 11.8 Å². The average Bonchev–Trinajstić information content (AvgIpc) is 3.32. The van der Waals surface area contributed by atoms with Gasteiger partial charge >= 0.3 is 0 Å². The molecule has 1 aromatic heterocycles. The van der Waals surface area contributed by atoms with Crippen molar-refractivity contribution in [3.05, 3.63) is 58.4 Å². The third-order valence-corrected chi connectivity index (χ3v) is 5.85. The molecule has 5 rings (SSSR count). The summed E-state index contributed by atoms with van der Waals surface area (Å²) < 4.78 is 0. The van der Waals surface area contributed by atoms with E-state index < -0.39 is 6.04 Å².